The molecule has 3 rings (SSSR count). The number of carbonyl (C=O) groups is 2. The molecule has 1 N–H and O–H groups in total. The number of nitrogens with zero attached hydrogens (tertiary/aromatic N) is 1. The van der Waals surface area contributed by atoms with Gasteiger partial charge in [0, 0.05) is 24.2 Å². The van der Waals surface area contributed by atoms with E-state index in [1.807, 2.05) is 0 Å². The zero-order chi connectivity index (χ0) is 18.7. The molecular formula is C19H17Cl2FN2O2. The fourth-order valence-electron chi connectivity index (χ4n) is 2.97. The summed E-state index contributed by atoms with van der Waals surface area (Å²) in [6, 6.07) is 10.5. The number of amides is 2. The number of piperidine rings is 1. The Morgan fingerprint density at radius 1 is 1.04 bits per heavy atom. The van der Waals surface area contributed by atoms with Gasteiger partial charge >= 0.3 is 0 Å². The Labute approximate surface area is 160 Å². The van der Waals surface area contributed by atoms with Gasteiger partial charge in [0.15, 0.2) is 0 Å². The van der Waals surface area contributed by atoms with Crippen LogP contribution < -0.4 is 5.32 Å². The van der Waals surface area contributed by atoms with E-state index in [0.29, 0.717) is 41.5 Å². The van der Waals surface area contributed by atoms with Crippen LogP contribution >= 0.6 is 23.2 Å². The van der Waals surface area contributed by atoms with E-state index < -0.39 is 11.7 Å². The summed E-state index contributed by atoms with van der Waals surface area (Å²) in [6.07, 6.45) is 1.17. The Morgan fingerprint density at radius 2 is 1.73 bits per heavy atom. The van der Waals surface area contributed by atoms with E-state index >= 15 is 0 Å². The largest absolute Gasteiger partial charge is 0.349 e. The quantitative estimate of drug-likeness (QED) is 0.848. The lowest BCUT2D eigenvalue weighted by Gasteiger charge is -2.32. The van der Waals surface area contributed by atoms with E-state index in [0.717, 1.165) is 0 Å². The molecule has 0 aromatic heterocycles. The molecule has 0 radical (unpaired) electrons. The molecule has 26 heavy (non-hydrogen) atoms. The van der Waals surface area contributed by atoms with Crippen LogP contribution in [0.1, 0.15) is 33.6 Å². The monoisotopic (exact) mass is 394 g/mol. The van der Waals surface area contributed by atoms with Crippen LogP contribution in [0, 0.1) is 5.82 Å². The van der Waals surface area contributed by atoms with E-state index in [9.17, 15) is 14.0 Å². The zero-order valence-corrected chi connectivity index (χ0v) is 15.4. The van der Waals surface area contributed by atoms with Gasteiger partial charge in [-0.1, -0.05) is 35.3 Å². The number of rotatable bonds is 3. The molecule has 2 amide bonds. The number of carbonyl (C=O) groups excluding carboxylic acids is 2. The minimum absolute atomic E-state index is 0.0247. The highest BCUT2D eigenvalue weighted by Crippen LogP contribution is 2.23. The van der Waals surface area contributed by atoms with Crippen molar-refractivity contribution in [2.24, 2.45) is 0 Å². The molecule has 0 unspecified atom stereocenters. The lowest BCUT2D eigenvalue weighted by Crippen LogP contribution is -2.46. The van der Waals surface area contributed by atoms with Crippen molar-refractivity contribution in [2.75, 3.05) is 13.1 Å². The van der Waals surface area contributed by atoms with Crippen LogP contribution in [0.2, 0.25) is 10.0 Å². The van der Waals surface area contributed by atoms with Crippen LogP contribution in [0.25, 0.3) is 0 Å². The van der Waals surface area contributed by atoms with E-state index in [-0.39, 0.29) is 17.5 Å². The standard InChI is InChI=1S/C19H17Cl2FN2O2/c20-12-5-6-16(21)15(11-12)19(26)24-9-7-13(8-10-24)23-18(25)14-3-1-2-4-17(14)22/h1-6,11,13H,7-10H2,(H,23,25). The number of likely N-dealkylation sites (tertiary alicyclic amines) is 1. The van der Waals surface area contributed by atoms with Crippen molar-refractivity contribution < 1.29 is 14.0 Å². The van der Waals surface area contributed by atoms with E-state index in [1.54, 1.807) is 29.2 Å². The van der Waals surface area contributed by atoms with Gasteiger partial charge < -0.3 is 10.2 Å². The Balaban J connectivity index is 1.59. The van der Waals surface area contributed by atoms with Gasteiger partial charge in [-0.05, 0) is 43.2 Å². The summed E-state index contributed by atoms with van der Waals surface area (Å²) in [4.78, 5) is 26.5. The summed E-state index contributed by atoms with van der Waals surface area (Å²) in [7, 11) is 0. The van der Waals surface area contributed by atoms with Crippen molar-refractivity contribution in [3.63, 3.8) is 0 Å². The molecule has 1 saturated heterocycles. The molecule has 2 aromatic carbocycles. The molecular weight excluding hydrogens is 378 g/mol. The Hall–Kier alpha value is -2.11. The maximum absolute atomic E-state index is 13.7. The normalized spacial score (nSPS) is 15.0. The lowest BCUT2D eigenvalue weighted by molar-refractivity contribution is 0.0698. The van der Waals surface area contributed by atoms with Gasteiger partial charge in [0.1, 0.15) is 5.82 Å². The highest BCUT2D eigenvalue weighted by Gasteiger charge is 2.26. The lowest BCUT2D eigenvalue weighted by atomic mass is 10.0. The van der Waals surface area contributed by atoms with Crippen molar-refractivity contribution in [1.29, 1.82) is 0 Å². The first-order valence-electron chi connectivity index (χ1n) is 8.25. The van der Waals surface area contributed by atoms with Crippen molar-refractivity contribution in [3.05, 3.63) is 69.5 Å². The van der Waals surface area contributed by atoms with Crippen LogP contribution in [0.15, 0.2) is 42.5 Å². The predicted octanol–water partition coefficient (Wildman–Crippen LogP) is 4.17. The van der Waals surface area contributed by atoms with Crippen LogP contribution in [-0.4, -0.2) is 35.8 Å². The summed E-state index contributed by atoms with van der Waals surface area (Å²) < 4.78 is 13.7. The third-order valence-electron chi connectivity index (χ3n) is 4.39. The van der Waals surface area contributed by atoms with Gasteiger partial charge in [-0.2, -0.15) is 0 Å². The number of halogens is 3. The number of hydrogen-bond acceptors (Lipinski definition) is 2. The van der Waals surface area contributed by atoms with Gasteiger partial charge in [-0.3, -0.25) is 9.59 Å². The molecule has 7 heteroatoms. The van der Waals surface area contributed by atoms with Crippen molar-refractivity contribution in [3.8, 4) is 0 Å². The van der Waals surface area contributed by atoms with Gasteiger partial charge in [0.05, 0.1) is 16.1 Å². The number of hydrogen-bond donors (Lipinski definition) is 1. The highest BCUT2D eigenvalue weighted by molar-refractivity contribution is 6.35. The molecule has 136 valence electrons. The second kappa shape index (κ2) is 8.06. The Morgan fingerprint density at radius 3 is 2.42 bits per heavy atom. The fourth-order valence-corrected chi connectivity index (χ4v) is 3.34. The third-order valence-corrected chi connectivity index (χ3v) is 4.96. The Kier molecular flexibility index (Phi) is 5.79. The smallest absolute Gasteiger partial charge is 0.255 e. The first kappa shape index (κ1) is 18.7. The van der Waals surface area contributed by atoms with Crippen molar-refractivity contribution in [1.82, 2.24) is 10.2 Å². The minimum Gasteiger partial charge on any atom is -0.349 e. The Bertz CT molecular complexity index is 836. The topological polar surface area (TPSA) is 49.4 Å². The predicted molar refractivity (Wildman–Crippen MR) is 99.3 cm³/mol. The molecule has 0 aliphatic carbocycles. The van der Waals surface area contributed by atoms with Crippen LogP contribution in [0.5, 0.6) is 0 Å². The average molecular weight is 395 g/mol. The first-order valence-corrected chi connectivity index (χ1v) is 9.01. The molecule has 0 spiro atoms. The van der Waals surface area contributed by atoms with Gasteiger partial charge in [0.25, 0.3) is 11.8 Å². The van der Waals surface area contributed by atoms with Crippen LogP contribution in [-0.2, 0) is 0 Å². The highest BCUT2D eigenvalue weighted by atomic mass is 35.5. The SMILES string of the molecule is O=C(NC1CCN(C(=O)c2cc(Cl)ccc2Cl)CC1)c1ccccc1F. The van der Waals surface area contributed by atoms with Gasteiger partial charge in [-0.15, -0.1) is 0 Å². The van der Waals surface area contributed by atoms with E-state index in [2.05, 4.69) is 5.32 Å². The van der Waals surface area contributed by atoms with E-state index in [4.69, 9.17) is 23.2 Å². The van der Waals surface area contributed by atoms with Crippen molar-refractivity contribution >= 4 is 35.0 Å². The summed E-state index contributed by atoms with van der Waals surface area (Å²) in [5.41, 5.74) is 0.393. The first-order chi connectivity index (χ1) is 12.5. The third kappa shape index (κ3) is 4.17. The second-order valence-electron chi connectivity index (χ2n) is 6.14. The maximum atomic E-state index is 13.7. The summed E-state index contributed by atoms with van der Waals surface area (Å²) in [6.45, 7) is 0.952. The summed E-state index contributed by atoms with van der Waals surface area (Å²) >= 11 is 12.0. The molecule has 4 nitrogen and oxygen atoms in total. The molecule has 1 fully saturated rings. The fraction of sp³-hybridized carbons (Fsp3) is 0.263. The molecule has 1 heterocycles. The average Bonchev–Trinajstić information content (AvgIpc) is 2.64. The second-order valence-corrected chi connectivity index (χ2v) is 6.99. The summed E-state index contributed by atoms with van der Waals surface area (Å²) in [5.74, 6) is -1.17. The summed E-state index contributed by atoms with van der Waals surface area (Å²) in [5, 5.41) is 3.64. The molecule has 0 saturated carbocycles. The molecule has 2 aromatic rings. The zero-order valence-electron chi connectivity index (χ0n) is 13.8. The molecule has 1 aliphatic rings. The number of nitrogens with one attached hydrogen (secondary N) is 1. The van der Waals surface area contributed by atoms with Gasteiger partial charge in [-0.25, -0.2) is 4.39 Å². The van der Waals surface area contributed by atoms with Crippen LogP contribution in [0.3, 0.4) is 0 Å². The maximum Gasteiger partial charge on any atom is 0.255 e. The molecule has 0 atom stereocenters. The molecule has 1 aliphatic heterocycles. The van der Waals surface area contributed by atoms with E-state index in [1.165, 1.54) is 18.2 Å². The van der Waals surface area contributed by atoms with Crippen molar-refractivity contribution in [2.45, 2.75) is 18.9 Å². The van der Waals surface area contributed by atoms with Crippen LogP contribution in [0.4, 0.5) is 4.39 Å². The number of benzene rings is 2. The minimum atomic E-state index is -0.548. The van der Waals surface area contributed by atoms with Gasteiger partial charge in [0.2, 0.25) is 0 Å². The molecule has 0 bridgehead atoms.